The predicted molar refractivity (Wildman–Crippen MR) is 72.7 cm³/mol. The van der Waals surface area contributed by atoms with Gasteiger partial charge in [-0.3, -0.25) is 0 Å². The highest BCUT2D eigenvalue weighted by molar-refractivity contribution is 9.10. The van der Waals surface area contributed by atoms with Crippen LogP contribution in [0.2, 0.25) is 10.0 Å². The average Bonchev–Trinajstić information content (AvgIpc) is 2.22. The minimum Gasteiger partial charge on any atom is -0.492 e. The molecule has 0 bridgehead atoms. The summed E-state index contributed by atoms with van der Waals surface area (Å²) in [5, 5.41) is 4.25. The van der Waals surface area contributed by atoms with E-state index in [0.29, 0.717) is 28.3 Å². The van der Waals surface area contributed by atoms with E-state index in [-0.39, 0.29) is 0 Å². The number of nitrogens with one attached hydrogen (secondary N) is 1. The quantitative estimate of drug-likeness (QED) is 0.826. The molecule has 0 fully saturated rings. The molecule has 0 aliphatic heterocycles. The summed E-state index contributed by atoms with van der Waals surface area (Å²) >= 11 is 15.3. The molecule has 1 aromatic rings. The van der Waals surface area contributed by atoms with Gasteiger partial charge in [0, 0.05) is 23.0 Å². The van der Waals surface area contributed by atoms with Crippen molar-refractivity contribution in [3.8, 4) is 5.75 Å². The molecule has 0 spiro atoms. The second kappa shape index (κ2) is 6.70. The number of hydrogen-bond acceptors (Lipinski definition) is 2. The van der Waals surface area contributed by atoms with E-state index in [1.807, 2.05) is 7.05 Å². The zero-order chi connectivity index (χ0) is 12.1. The third-order valence-electron chi connectivity index (χ3n) is 2.05. The second-order valence-electron chi connectivity index (χ2n) is 3.67. The summed E-state index contributed by atoms with van der Waals surface area (Å²) < 4.78 is 6.38. The van der Waals surface area contributed by atoms with Crippen molar-refractivity contribution < 1.29 is 4.74 Å². The Kier molecular flexibility index (Phi) is 5.90. The minimum absolute atomic E-state index is 0.420. The highest BCUT2D eigenvalue weighted by Crippen LogP contribution is 2.34. The SMILES string of the molecule is CNCC(C)COc1cc(Cl)c(Br)cc1Cl. The number of rotatable bonds is 5. The Balaban J connectivity index is 2.63. The van der Waals surface area contributed by atoms with E-state index in [1.54, 1.807) is 12.1 Å². The fraction of sp³-hybridized carbons (Fsp3) is 0.455. The van der Waals surface area contributed by atoms with Crippen molar-refractivity contribution in [2.75, 3.05) is 20.2 Å². The first-order valence-corrected chi connectivity index (χ1v) is 6.51. The van der Waals surface area contributed by atoms with E-state index in [4.69, 9.17) is 27.9 Å². The summed E-state index contributed by atoms with van der Waals surface area (Å²) in [6.45, 7) is 3.62. The Morgan fingerprint density at radius 3 is 2.69 bits per heavy atom. The molecule has 1 aromatic carbocycles. The average molecular weight is 327 g/mol. The van der Waals surface area contributed by atoms with Crippen molar-refractivity contribution in [3.63, 3.8) is 0 Å². The fourth-order valence-corrected chi connectivity index (χ4v) is 2.10. The van der Waals surface area contributed by atoms with Gasteiger partial charge in [0.25, 0.3) is 0 Å². The van der Waals surface area contributed by atoms with Crippen molar-refractivity contribution in [3.05, 3.63) is 26.7 Å². The monoisotopic (exact) mass is 325 g/mol. The molecule has 90 valence electrons. The maximum atomic E-state index is 6.03. The van der Waals surface area contributed by atoms with Gasteiger partial charge in [-0.1, -0.05) is 30.1 Å². The van der Waals surface area contributed by atoms with E-state index in [0.717, 1.165) is 11.0 Å². The van der Waals surface area contributed by atoms with E-state index < -0.39 is 0 Å². The molecule has 0 aromatic heterocycles. The third-order valence-corrected chi connectivity index (χ3v) is 3.54. The van der Waals surface area contributed by atoms with Gasteiger partial charge in [0.2, 0.25) is 0 Å². The fourth-order valence-electron chi connectivity index (χ4n) is 1.25. The Morgan fingerprint density at radius 1 is 1.38 bits per heavy atom. The molecular weight excluding hydrogens is 313 g/mol. The van der Waals surface area contributed by atoms with Crippen LogP contribution >= 0.6 is 39.1 Å². The molecule has 2 nitrogen and oxygen atoms in total. The Labute approximate surface area is 114 Å². The molecule has 0 saturated carbocycles. The van der Waals surface area contributed by atoms with Crippen molar-refractivity contribution in [1.82, 2.24) is 5.32 Å². The van der Waals surface area contributed by atoms with Gasteiger partial charge in [-0.15, -0.1) is 0 Å². The van der Waals surface area contributed by atoms with Crippen LogP contribution in [0, 0.1) is 5.92 Å². The molecule has 0 heterocycles. The molecule has 1 unspecified atom stereocenters. The molecule has 1 N–H and O–H groups in total. The van der Waals surface area contributed by atoms with Crippen LogP contribution in [0.1, 0.15) is 6.92 Å². The number of benzene rings is 1. The molecule has 5 heteroatoms. The van der Waals surface area contributed by atoms with Crippen LogP contribution in [-0.2, 0) is 0 Å². The van der Waals surface area contributed by atoms with E-state index in [2.05, 4.69) is 28.2 Å². The Morgan fingerprint density at radius 2 is 2.06 bits per heavy atom. The summed E-state index contributed by atoms with van der Waals surface area (Å²) in [5.41, 5.74) is 0. The Bertz CT molecular complexity index is 360. The highest BCUT2D eigenvalue weighted by atomic mass is 79.9. The summed E-state index contributed by atoms with van der Waals surface area (Å²) in [4.78, 5) is 0. The van der Waals surface area contributed by atoms with Crippen LogP contribution in [0.4, 0.5) is 0 Å². The summed E-state index contributed by atoms with van der Waals surface area (Å²) in [6, 6.07) is 3.46. The van der Waals surface area contributed by atoms with Crippen LogP contribution in [0.15, 0.2) is 16.6 Å². The van der Waals surface area contributed by atoms with Crippen LogP contribution in [0.3, 0.4) is 0 Å². The topological polar surface area (TPSA) is 21.3 Å². The molecule has 16 heavy (non-hydrogen) atoms. The normalized spacial score (nSPS) is 12.6. The molecule has 0 aliphatic carbocycles. The Hall–Kier alpha value is 0.0400. The smallest absolute Gasteiger partial charge is 0.139 e. The van der Waals surface area contributed by atoms with Crippen molar-refractivity contribution in [1.29, 1.82) is 0 Å². The highest BCUT2D eigenvalue weighted by Gasteiger charge is 2.08. The number of halogens is 3. The second-order valence-corrected chi connectivity index (χ2v) is 5.34. The summed E-state index contributed by atoms with van der Waals surface area (Å²) in [7, 11) is 1.92. The van der Waals surface area contributed by atoms with Gasteiger partial charge in [0.15, 0.2) is 0 Å². The molecular formula is C11H14BrCl2NO. The standard InChI is InChI=1S/C11H14BrCl2NO/c1-7(5-15-2)6-16-11-4-9(13)8(12)3-10(11)14/h3-4,7,15H,5-6H2,1-2H3. The first-order valence-electron chi connectivity index (χ1n) is 4.96. The van der Waals surface area contributed by atoms with Crippen LogP contribution in [0.25, 0.3) is 0 Å². The molecule has 1 atom stereocenters. The van der Waals surface area contributed by atoms with Crippen LogP contribution in [-0.4, -0.2) is 20.2 Å². The van der Waals surface area contributed by atoms with Gasteiger partial charge in [-0.05, 0) is 29.0 Å². The zero-order valence-electron chi connectivity index (χ0n) is 9.19. The molecule has 0 saturated heterocycles. The van der Waals surface area contributed by atoms with Gasteiger partial charge < -0.3 is 10.1 Å². The predicted octanol–water partition coefficient (Wildman–Crippen LogP) is 3.99. The number of hydrogen-bond donors (Lipinski definition) is 1. The van der Waals surface area contributed by atoms with Gasteiger partial charge in [-0.25, -0.2) is 0 Å². The largest absolute Gasteiger partial charge is 0.492 e. The lowest BCUT2D eigenvalue weighted by Gasteiger charge is -2.14. The zero-order valence-corrected chi connectivity index (χ0v) is 12.3. The lowest BCUT2D eigenvalue weighted by Crippen LogP contribution is -2.21. The van der Waals surface area contributed by atoms with E-state index in [9.17, 15) is 0 Å². The van der Waals surface area contributed by atoms with Gasteiger partial charge >= 0.3 is 0 Å². The first kappa shape index (κ1) is 14.1. The summed E-state index contributed by atoms with van der Waals surface area (Å²) in [6.07, 6.45) is 0. The first-order chi connectivity index (χ1) is 7.54. The van der Waals surface area contributed by atoms with Gasteiger partial charge in [0.1, 0.15) is 5.75 Å². The van der Waals surface area contributed by atoms with Crippen LogP contribution < -0.4 is 10.1 Å². The van der Waals surface area contributed by atoms with Gasteiger partial charge in [-0.2, -0.15) is 0 Å². The van der Waals surface area contributed by atoms with E-state index >= 15 is 0 Å². The van der Waals surface area contributed by atoms with Crippen LogP contribution in [0.5, 0.6) is 5.75 Å². The molecule has 0 radical (unpaired) electrons. The molecule has 0 aliphatic rings. The maximum absolute atomic E-state index is 6.03. The molecule has 0 amide bonds. The van der Waals surface area contributed by atoms with Crippen molar-refractivity contribution >= 4 is 39.1 Å². The summed E-state index contributed by atoms with van der Waals surface area (Å²) in [5.74, 6) is 1.04. The maximum Gasteiger partial charge on any atom is 0.139 e. The third kappa shape index (κ3) is 4.13. The van der Waals surface area contributed by atoms with Crippen molar-refractivity contribution in [2.24, 2.45) is 5.92 Å². The lowest BCUT2D eigenvalue weighted by atomic mass is 10.2. The minimum atomic E-state index is 0.420. The number of ether oxygens (including phenoxy) is 1. The van der Waals surface area contributed by atoms with Crippen molar-refractivity contribution in [2.45, 2.75) is 6.92 Å². The molecule has 1 rings (SSSR count). The lowest BCUT2D eigenvalue weighted by molar-refractivity contribution is 0.258. The van der Waals surface area contributed by atoms with E-state index in [1.165, 1.54) is 0 Å². The van der Waals surface area contributed by atoms with Gasteiger partial charge in [0.05, 0.1) is 16.7 Å².